The molecular weight excluding hydrogens is 292 g/mol. The number of ether oxygens (including phenoxy) is 2. The molecule has 7 heteroatoms. The Morgan fingerprint density at radius 1 is 1.52 bits per heavy atom. The van der Waals surface area contributed by atoms with Gasteiger partial charge in [-0.2, -0.15) is 5.10 Å². The Labute approximate surface area is 130 Å². The first-order chi connectivity index (χ1) is 10.2. The maximum absolute atomic E-state index is 6.36. The maximum Gasteiger partial charge on any atom is 0.0933 e. The molecule has 1 heterocycles. The number of nitrogens with one attached hydrogen (secondary N) is 1. The van der Waals surface area contributed by atoms with Crippen LogP contribution >= 0.6 is 11.6 Å². The molecule has 21 heavy (non-hydrogen) atoms. The summed E-state index contributed by atoms with van der Waals surface area (Å²) in [5.74, 6) is 5.86. The van der Waals surface area contributed by atoms with Crippen molar-refractivity contribution in [2.75, 3.05) is 20.3 Å². The van der Waals surface area contributed by atoms with E-state index in [4.69, 9.17) is 26.9 Å². The highest BCUT2D eigenvalue weighted by molar-refractivity contribution is 6.31. The summed E-state index contributed by atoms with van der Waals surface area (Å²) in [7, 11) is 1.67. The van der Waals surface area contributed by atoms with E-state index in [0.29, 0.717) is 24.8 Å². The Morgan fingerprint density at radius 3 is 2.81 bits per heavy atom. The smallest absolute Gasteiger partial charge is 0.0933 e. The van der Waals surface area contributed by atoms with Gasteiger partial charge in [-0.25, -0.2) is 5.43 Å². The number of hydrogen-bond acceptors (Lipinski definition) is 5. The van der Waals surface area contributed by atoms with Crippen molar-refractivity contribution in [3.05, 3.63) is 16.9 Å². The zero-order valence-corrected chi connectivity index (χ0v) is 13.5. The summed E-state index contributed by atoms with van der Waals surface area (Å²) in [6.07, 6.45) is 5.89. The van der Waals surface area contributed by atoms with Crippen LogP contribution in [0.2, 0.25) is 5.02 Å². The molecule has 1 aliphatic carbocycles. The lowest BCUT2D eigenvalue weighted by atomic mass is 9.89. The van der Waals surface area contributed by atoms with Crippen molar-refractivity contribution < 1.29 is 9.47 Å². The average Bonchev–Trinajstić information content (AvgIpc) is 3.08. The van der Waals surface area contributed by atoms with Crippen LogP contribution in [-0.2, 0) is 16.0 Å². The van der Waals surface area contributed by atoms with Gasteiger partial charge < -0.3 is 9.47 Å². The molecule has 6 nitrogen and oxygen atoms in total. The number of halogens is 1. The molecule has 1 aromatic rings. The van der Waals surface area contributed by atoms with Crippen LogP contribution in [-0.4, -0.2) is 35.7 Å². The fourth-order valence-corrected chi connectivity index (χ4v) is 3.52. The largest absolute Gasteiger partial charge is 0.383 e. The molecular formula is C14H25ClN4O2. The van der Waals surface area contributed by atoms with Crippen molar-refractivity contribution in [1.82, 2.24) is 15.2 Å². The zero-order chi connectivity index (χ0) is 15.3. The minimum Gasteiger partial charge on any atom is -0.383 e. The van der Waals surface area contributed by atoms with E-state index in [2.05, 4.69) is 10.5 Å². The van der Waals surface area contributed by atoms with Crippen molar-refractivity contribution in [3.8, 4) is 0 Å². The van der Waals surface area contributed by atoms with Crippen molar-refractivity contribution >= 4 is 11.6 Å². The first-order valence-electron chi connectivity index (χ1n) is 7.48. The fraction of sp³-hybridized carbons (Fsp3) is 0.786. The van der Waals surface area contributed by atoms with Gasteiger partial charge in [-0.15, -0.1) is 0 Å². The Balaban J connectivity index is 2.33. The number of nitrogens with zero attached hydrogens (tertiary/aromatic N) is 2. The minimum atomic E-state index is -0.308. The first kappa shape index (κ1) is 16.7. The topological polar surface area (TPSA) is 74.3 Å². The lowest BCUT2D eigenvalue weighted by Crippen LogP contribution is -2.48. The molecule has 0 saturated heterocycles. The third-order valence-electron chi connectivity index (χ3n) is 4.19. The van der Waals surface area contributed by atoms with E-state index in [0.717, 1.165) is 31.4 Å². The molecule has 0 amide bonds. The van der Waals surface area contributed by atoms with Crippen LogP contribution in [0.1, 0.15) is 44.3 Å². The molecule has 2 rings (SSSR count). The second-order valence-corrected chi connectivity index (χ2v) is 5.81. The highest BCUT2D eigenvalue weighted by Gasteiger charge is 2.44. The SMILES string of the molecule is CCOC1(C(NN)c2c(Cl)cnn2CCOC)CCCC1. The number of hydrogen-bond donors (Lipinski definition) is 2. The second kappa shape index (κ2) is 7.56. The van der Waals surface area contributed by atoms with E-state index in [9.17, 15) is 0 Å². The number of aromatic nitrogens is 2. The second-order valence-electron chi connectivity index (χ2n) is 5.40. The lowest BCUT2D eigenvalue weighted by molar-refractivity contribution is -0.0647. The number of nitrogens with two attached hydrogens (primary N) is 1. The Morgan fingerprint density at radius 2 is 2.24 bits per heavy atom. The van der Waals surface area contributed by atoms with E-state index >= 15 is 0 Å². The van der Waals surface area contributed by atoms with Gasteiger partial charge in [0.1, 0.15) is 0 Å². The van der Waals surface area contributed by atoms with Gasteiger partial charge in [0.05, 0.1) is 41.7 Å². The molecule has 1 aliphatic rings. The van der Waals surface area contributed by atoms with Gasteiger partial charge in [0.25, 0.3) is 0 Å². The van der Waals surface area contributed by atoms with Crippen LogP contribution in [0.4, 0.5) is 0 Å². The summed E-state index contributed by atoms with van der Waals surface area (Å²) >= 11 is 6.36. The molecule has 120 valence electrons. The molecule has 0 bridgehead atoms. The highest BCUT2D eigenvalue weighted by atomic mass is 35.5. The van der Waals surface area contributed by atoms with Gasteiger partial charge in [-0.3, -0.25) is 10.5 Å². The van der Waals surface area contributed by atoms with Crippen LogP contribution in [0.3, 0.4) is 0 Å². The molecule has 1 unspecified atom stereocenters. The number of hydrazine groups is 1. The van der Waals surface area contributed by atoms with Crippen molar-refractivity contribution in [3.63, 3.8) is 0 Å². The van der Waals surface area contributed by atoms with Gasteiger partial charge >= 0.3 is 0 Å². The summed E-state index contributed by atoms with van der Waals surface area (Å²) < 4.78 is 13.1. The molecule has 0 aromatic carbocycles. The fourth-order valence-electron chi connectivity index (χ4n) is 3.27. The minimum absolute atomic E-state index is 0.174. The molecule has 0 radical (unpaired) electrons. The monoisotopic (exact) mass is 316 g/mol. The third-order valence-corrected chi connectivity index (χ3v) is 4.48. The van der Waals surface area contributed by atoms with Gasteiger partial charge in [-0.05, 0) is 19.8 Å². The van der Waals surface area contributed by atoms with Gasteiger partial charge in [0.2, 0.25) is 0 Å². The van der Waals surface area contributed by atoms with Crippen molar-refractivity contribution in [1.29, 1.82) is 0 Å². The van der Waals surface area contributed by atoms with E-state index < -0.39 is 0 Å². The van der Waals surface area contributed by atoms with Crippen LogP contribution in [0.15, 0.2) is 6.20 Å². The summed E-state index contributed by atoms with van der Waals surface area (Å²) in [6.45, 7) is 3.88. The third kappa shape index (κ3) is 3.40. The van der Waals surface area contributed by atoms with E-state index in [-0.39, 0.29) is 11.6 Å². The number of rotatable bonds is 8. The summed E-state index contributed by atoms with van der Waals surface area (Å²) in [4.78, 5) is 0. The molecule has 1 saturated carbocycles. The average molecular weight is 317 g/mol. The summed E-state index contributed by atoms with van der Waals surface area (Å²) in [5.41, 5.74) is 3.49. The molecule has 1 aromatic heterocycles. The zero-order valence-electron chi connectivity index (χ0n) is 12.8. The molecule has 0 spiro atoms. The Hall–Kier alpha value is -0.660. The normalized spacial score (nSPS) is 19.0. The lowest BCUT2D eigenvalue weighted by Gasteiger charge is -2.37. The predicted molar refractivity (Wildman–Crippen MR) is 82.0 cm³/mol. The molecule has 1 atom stereocenters. The van der Waals surface area contributed by atoms with Crippen LogP contribution in [0.5, 0.6) is 0 Å². The van der Waals surface area contributed by atoms with Crippen molar-refractivity contribution in [2.45, 2.75) is 50.8 Å². The highest BCUT2D eigenvalue weighted by Crippen LogP contribution is 2.44. The van der Waals surface area contributed by atoms with Gasteiger partial charge in [0, 0.05) is 13.7 Å². The quantitative estimate of drug-likeness (QED) is 0.567. The van der Waals surface area contributed by atoms with E-state index in [1.807, 2.05) is 11.6 Å². The Kier molecular flexibility index (Phi) is 6.01. The predicted octanol–water partition coefficient (Wildman–Crippen LogP) is 2.04. The maximum atomic E-state index is 6.36. The van der Waals surface area contributed by atoms with Gasteiger partial charge in [-0.1, -0.05) is 24.4 Å². The van der Waals surface area contributed by atoms with Crippen LogP contribution in [0, 0.1) is 0 Å². The first-order valence-corrected chi connectivity index (χ1v) is 7.86. The summed E-state index contributed by atoms with van der Waals surface area (Å²) in [5, 5.41) is 4.95. The molecule has 3 N–H and O–H groups in total. The van der Waals surface area contributed by atoms with Crippen LogP contribution < -0.4 is 11.3 Å². The van der Waals surface area contributed by atoms with Gasteiger partial charge in [0.15, 0.2) is 0 Å². The summed E-state index contributed by atoms with van der Waals surface area (Å²) in [6, 6.07) is -0.174. The molecule has 1 fully saturated rings. The van der Waals surface area contributed by atoms with Crippen molar-refractivity contribution in [2.24, 2.45) is 5.84 Å². The van der Waals surface area contributed by atoms with E-state index in [1.54, 1.807) is 13.3 Å². The van der Waals surface area contributed by atoms with E-state index in [1.165, 1.54) is 0 Å². The number of methoxy groups -OCH3 is 1. The Bertz CT molecular complexity index is 446. The standard InChI is InChI=1S/C14H25ClN4O2/c1-3-21-14(6-4-5-7-14)13(18-16)12-11(15)10-17-19(12)8-9-20-2/h10,13,18H,3-9,16H2,1-2H3. The molecule has 0 aliphatic heterocycles. The van der Waals surface area contributed by atoms with Crippen LogP contribution in [0.25, 0.3) is 0 Å².